The van der Waals surface area contributed by atoms with E-state index in [2.05, 4.69) is 4.90 Å². The number of nitrogen functional groups attached to an aromatic ring is 1. The smallest absolute Gasteiger partial charge is 0.250 e. The molecule has 0 spiro atoms. The van der Waals surface area contributed by atoms with Crippen LogP contribution in [0.2, 0.25) is 0 Å². The van der Waals surface area contributed by atoms with E-state index >= 15 is 0 Å². The van der Waals surface area contributed by atoms with Crippen molar-refractivity contribution in [1.29, 1.82) is 0 Å². The summed E-state index contributed by atoms with van der Waals surface area (Å²) >= 11 is 0. The van der Waals surface area contributed by atoms with Crippen molar-refractivity contribution < 1.29 is 9.53 Å². The molecule has 110 valence electrons. The predicted molar refractivity (Wildman–Crippen MR) is 80.8 cm³/mol. The maximum atomic E-state index is 11.6. The van der Waals surface area contributed by atoms with Gasteiger partial charge in [-0.2, -0.15) is 0 Å². The molecule has 0 aromatic heterocycles. The monoisotopic (exact) mass is 277 g/mol. The fourth-order valence-electron chi connectivity index (χ4n) is 2.98. The van der Waals surface area contributed by atoms with E-state index < -0.39 is 5.91 Å². The minimum absolute atomic E-state index is 0.294. The van der Waals surface area contributed by atoms with Gasteiger partial charge in [0.15, 0.2) is 0 Å². The third-order valence-electron chi connectivity index (χ3n) is 3.32. The number of primary amides is 1. The van der Waals surface area contributed by atoms with Crippen LogP contribution in [0, 0.1) is 0 Å². The minimum Gasteiger partial charge on any atom is -0.399 e. The first-order valence-electron chi connectivity index (χ1n) is 6.74. The maximum absolute atomic E-state index is 11.6. The normalized spacial score (nSPS) is 20.7. The van der Waals surface area contributed by atoms with Gasteiger partial charge in [-0.25, -0.2) is 0 Å². The molecule has 1 aromatic rings. The molecule has 1 aliphatic heterocycles. The van der Waals surface area contributed by atoms with E-state index in [0.717, 1.165) is 5.69 Å². The number of morpholine rings is 1. The van der Waals surface area contributed by atoms with Crippen LogP contribution in [0.4, 0.5) is 11.4 Å². The third kappa shape index (κ3) is 3.04. The van der Waals surface area contributed by atoms with E-state index in [1.165, 1.54) is 0 Å². The van der Waals surface area contributed by atoms with Crippen LogP contribution in [-0.2, 0) is 4.74 Å². The zero-order valence-electron chi connectivity index (χ0n) is 12.6. The van der Waals surface area contributed by atoms with Gasteiger partial charge >= 0.3 is 0 Å². The summed E-state index contributed by atoms with van der Waals surface area (Å²) in [4.78, 5) is 13.8. The van der Waals surface area contributed by atoms with Crippen LogP contribution in [0.3, 0.4) is 0 Å². The Bertz CT molecular complexity index is 522. The molecule has 1 heterocycles. The maximum Gasteiger partial charge on any atom is 0.250 e. The Morgan fingerprint density at radius 2 is 1.75 bits per heavy atom. The molecule has 2 rings (SSSR count). The van der Waals surface area contributed by atoms with E-state index in [4.69, 9.17) is 16.2 Å². The molecule has 0 radical (unpaired) electrons. The average molecular weight is 277 g/mol. The fourth-order valence-corrected chi connectivity index (χ4v) is 2.98. The molecule has 20 heavy (non-hydrogen) atoms. The third-order valence-corrected chi connectivity index (χ3v) is 3.32. The van der Waals surface area contributed by atoms with Gasteiger partial charge in [0.05, 0.1) is 16.8 Å². The largest absolute Gasteiger partial charge is 0.399 e. The molecule has 1 aliphatic rings. The number of anilines is 2. The van der Waals surface area contributed by atoms with Crippen LogP contribution in [0.15, 0.2) is 18.2 Å². The lowest BCUT2D eigenvalue weighted by atomic mass is 9.97. The highest BCUT2D eigenvalue weighted by atomic mass is 16.5. The molecule has 0 atom stereocenters. The van der Waals surface area contributed by atoms with Gasteiger partial charge in [-0.1, -0.05) is 0 Å². The zero-order valence-corrected chi connectivity index (χ0v) is 12.6. The molecule has 1 saturated heterocycles. The lowest BCUT2D eigenvalue weighted by Crippen LogP contribution is -2.57. The number of amides is 1. The molecule has 1 aromatic carbocycles. The molecule has 4 N–H and O–H groups in total. The van der Waals surface area contributed by atoms with Crippen molar-refractivity contribution in [3.63, 3.8) is 0 Å². The van der Waals surface area contributed by atoms with Crippen molar-refractivity contribution in [1.82, 2.24) is 0 Å². The van der Waals surface area contributed by atoms with Crippen molar-refractivity contribution in [3.05, 3.63) is 23.8 Å². The van der Waals surface area contributed by atoms with Crippen molar-refractivity contribution in [3.8, 4) is 0 Å². The molecule has 0 aliphatic carbocycles. The van der Waals surface area contributed by atoms with E-state index in [-0.39, 0.29) is 11.2 Å². The molecule has 5 heteroatoms. The second kappa shape index (κ2) is 4.66. The Labute approximate surface area is 119 Å². The second-order valence-electron chi connectivity index (χ2n) is 6.62. The summed E-state index contributed by atoms with van der Waals surface area (Å²) < 4.78 is 6.05. The van der Waals surface area contributed by atoms with Crippen LogP contribution < -0.4 is 16.4 Å². The summed E-state index contributed by atoms with van der Waals surface area (Å²) in [5.74, 6) is -0.464. The lowest BCUT2D eigenvalue weighted by molar-refractivity contribution is -0.133. The van der Waals surface area contributed by atoms with E-state index in [9.17, 15) is 4.79 Å². The predicted octanol–water partition coefficient (Wildman–Crippen LogP) is 1.76. The Kier molecular flexibility index (Phi) is 3.42. The highest BCUT2D eigenvalue weighted by Gasteiger charge is 2.38. The minimum atomic E-state index is -0.464. The van der Waals surface area contributed by atoms with Crippen molar-refractivity contribution in [2.24, 2.45) is 5.73 Å². The topological polar surface area (TPSA) is 81.6 Å². The van der Waals surface area contributed by atoms with Gasteiger partial charge < -0.3 is 21.1 Å². The Balaban J connectivity index is 2.43. The summed E-state index contributed by atoms with van der Waals surface area (Å²) in [5.41, 5.74) is 12.4. The number of carbonyl (C=O) groups excluding carboxylic acids is 1. The molecule has 0 unspecified atom stereocenters. The first-order valence-corrected chi connectivity index (χ1v) is 6.74. The van der Waals surface area contributed by atoms with Gasteiger partial charge in [0.2, 0.25) is 0 Å². The summed E-state index contributed by atoms with van der Waals surface area (Å²) in [6, 6.07) is 5.28. The van der Waals surface area contributed by atoms with Gasteiger partial charge in [-0.3, -0.25) is 4.79 Å². The number of hydrogen-bond acceptors (Lipinski definition) is 4. The Morgan fingerprint density at radius 3 is 2.25 bits per heavy atom. The SMILES string of the molecule is CC1(C)CN(c2ccc(N)cc2C(N)=O)CC(C)(C)O1. The van der Waals surface area contributed by atoms with Crippen LogP contribution in [0.1, 0.15) is 38.1 Å². The molecule has 0 saturated carbocycles. The molecular formula is C15H23N3O2. The van der Waals surface area contributed by atoms with Crippen LogP contribution in [0.25, 0.3) is 0 Å². The molecular weight excluding hydrogens is 254 g/mol. The molecule has 1 fully saturated rings. The number of nitrogens with two attached hydrogens (primary N) is 2. The van der Waals surface area contributed by atoms with Gasteiger partial charge in [0.1, 0.15) is 0 Å². The Morgan fingerprint density at radius 1 is 1.20 bits per heavy atom. The Hall–Kier alpha value is -1.75. The number of nitrogens with zero attached hydrogens (tertiary/aromatic N) is 1. The fraction of sp³-hybridized carbons (Fsp3) is 0.533. The lowest BCUT2D eigenvalue weighted by Gasteiger charge is -2.48. The van der Waals surface area contributed by atoms with Gasteiger partial charge in [-0.05, 0) is 45.9 Å². The van der Waals surface area contributed by atoms with Crippen molar-refractivity contribution in [2.75, 3.05) is 23.7 Å². The van der Waals surface area contributed by atoms with Crippen LogP contribution in [0.5, 0.6) is 0 Å². The van der Waals surface area contributed by atoms with Gasteiger partial charge in [-0.15, -0.1) is 0 Å². The second-order valence-corrected chi connectivity index (χ2v) is 6.62. The summed E-state index contributed by atoms with van der Waals surface area (Å²) in [7, 11) is 0. The quantitative estimate of drug-likeness (QED) is 0.807. The van der Waals surface area contributed by atoms with Gasteiger partial charge in [0, 0.05) is 24.5 Å². The van der Waals surface area contributed by atoms with Crippen LogP contribution >= 0.6 is 0 Å². The van der Waals surface area contributed by atoms with E-state index in [1.54, 1.807) is 12.1 Å². The number of hydrogen-bond donors (Lipinski definition) is 2. The number of rotatable bonds is 2. The number of benzene rings is 1. The highest BCUT2D eigenvalue weighted by molar-refractivity contribution is 5.99. The molecule has 0 bridgehead atoms. The van der Waals surface area contributed by atoms with Crippen LogP contribution in [-0.4, -0.2) is 30.2 Å². The highest BCUT2D eigenvalue weighted by Crippen LogP contribution is 2.33. The zero-order chi connectivity index (χ0) is 15.1. The van der Waals surface area contributed by atoms with Gasteiger partial charge in [0.25, 0.3) is 5.91 Å². The first-order chi connectivity index (χ1) is 9.10. The molecule has 5 nitrogen and oxygen atoms in total. The summed E-state index contributed by atoms with van der Waals surface area (Å²) in [6.07, 6.45) is 0. The standard InChI is InChI=1S/C15H23N3O2/c1-14(2)8-18(9-15(3,4)20-14)12-6-5-10(16)7-11(12)13(17)19/h5-7H,8-9,16H2,1-4H3,(H2,17,19). The van der Waals surface area contributed by atoms with Crippen molar-refractivity contribution >= 4 is 17.3 Å². The van der Waals surface area contributed by atoms with E-state index in [0.29, 0.717) is 24.3 Å². The van der Waals surface area contributed by atoms with E-state index in [1.807, 2.05) is 33.8 Å². The summed E-state index contributed by atoms with van der Waals surface area (Å²) in [5, 5.41) is 0. The first kappa shape index (κ1) is 14.7. The molecule has 1 amide bonds. The van der Waals surface area contributed by atoms with Crippen molar-refractivity contribution in [2.45, 2.75) is 38.9 Å². The number of ether oxygens (including phenoxy) is 1. The number of carbonyl (C=O) groups is 1. The average Bonchev–Trinajstić information content (AvgIpc) is 2.24. The summed E-state index contributed by atoms with van der Waals surface area (Å²) in [6.45, 7) is 9.57.